The summed E-state index contributed by atoms with van der Waals surface area (Å²) in [6, 6.07) is 0. The van der Waals surface area contributed by atoms with Crippen LogP contribution in [-0.4, -0.2) is 16.2 Å². The largest absolute Gasteiger partial charge is 0.502 e. The number of rotatable bonds is 14. The van der Waals surface area contributed by atoms with E-state index in [1.807, 2.05) is 6.08 Å². The maximum Gasteiger partial charge on any atom is 0.370 e. The molecule has 0 saturated carbocycles. The first kappa shape index (κ1) is 23.7. The summed E-state index contributed by atoms with van der Waals surface area (Å²) in [4.78, 5) is 10.3. The van der Waals surface area contributed by atoms with Crippen molar-refractivity contribution in [3.63, 3.8) is 0 Å². The topological polar surface area (TPSA) is 57.5 Å². The SMILES string of the molecule is CCCCCCCCCCCCCC=CC=C(O)C(=O)O.[Ti]. The van der Waals surface area contributed by atoms with Crippen molar-refractivity contribution in [1.29, 1.82) is 0 Å². The smallest absolute Gasteiger partial charge is 0.370 e. The summed E-state index contributed by atoms with van der Waals surface area (Å²) in [7, 11) is 0. The number of hydrogen-bond donors (Lipinski definition) is 2. The average molecular weight is 344 g/mol. The minimum atomic E-state index is -1.28. The van der Waals surface area contributed by atoms with E-state index in [1.54, 1.807) is 6.08 Å². The maximum atomic E-state index is 10.3. The van der Waals surface area contributed by atoms with Gasteiger partial charge in [-0.3, -0.25) is 0 Å². The second kappa shape index (κ2) is 18.5. The normalized spacial score (nSPS) is 11.6. The van der Waals surface area contributed by atoms with E-state index in [-0.39, 0.29) is 21.7 Å². The van der Waals surface area contributed by atoms with Crippen LogP contribution < -0.4 is 0 Å². The Labute approximate surface area is 150 Å². The molecule has 0 aliphatic rings. The van der Waals surface area contributed by atoms with Gasteiger partial charge in [0.15, 0.2) is 0 Å². The van der Waals surface area contributed by atoms with Gasteiger partial charge in [-0.15, -0.1) is 0 Å². The number of hydrogen-bond acceptors (Lipinski definition) is 2. The summed E-state index contributed by atoms with van der Waals surface area (Å²) in [6.45, 7) is 2.25. The molecule has 126 valence electrons. The zero-order chi connectivity index (χ0) is 15.8. The molecule has 4 heteroatoms. The van der Waals surface area contributed by atoms with E-state index in [4.69, 9.17) is 10.2 Å². The number of carboxylic acid groups (broad SMARTS) is 1. The summed E-state index contributed by atoms with van der Waals surface area (Å²) in [5.74, 6) is -1.89. The van der Waals surface area contributed by atoms with Crippen molar-refractivity contribution in [2.24, 2.45) is 0 Å². The average Bonchev–Trinajstić information content (AvgIpc) is 2.47. The van der Waals surface area contributed by atoms with Gasteiger partial charge in [-0.2, -0.15) is 0 Å². The van der Waals surface area contributed by atoms with Gasteiger partial charge in [0.1, 0.15) is 0 Å². The number of carbonyl (C=O) groups is 1. The summed E-state index contributed by atoms with van der Waals surface area (Å²) < 4.78 is 0. The molecule has 0 aromatic rings. The molecule has 0 bridgehead atoms. The van der Waals surface area contributed by atoms with Crippen LogP contribution in [0.3, 0.4) is 0 Å². The van der Waals surface area contributed by atoms with Gasteiger partial charge < -0.3 is 10.2 Å². The van der Waals surface area contributed by atoms with Crippen molar-refractivity contribution in [1.82, 2.24) is 0 Å². The molecule has 0 heterocycles. The Morgan fingerprint density at radius 2 is 1.27 bits per heavy atom. The fourth-order valence-corrected chi connectivity index (χ4v) is 2.25. The number of carboxylic acids is 1. The number of aliphatic carboxylic acids is 1. The fourth-order valence-electron chi connectivity index (χ4n) is 2.25. The molecule has 0 fully saturated rings. The van der Waals surface area contributed by atoms with Crippen molar-refractivity contribution < 1.29 is 36.7 Å². The van der Waals surface area contributed by atoms with E-state index in [0.29, 0.717) is 0 Å². The van der Waals surface area contributed by atoms with Gasteiger partial charge in [0.2, 0.25) is 5.76 Å². The first-order valence-electron chi connectivity index (χ1n) is 8.47. The Kier molecular flexibility index (Phi) is 20.0. The Morgan fingerprint density at radius 1 is 0.818 bits per heavy atom. The van der Waals surface area contributed by atoms with Crippen LogP contribution in [0.2, 0.25) is 0 Å². The zero-order valence-electron chi connectivity index (χ0n) is 14.0. The number of aliphatic hydroxyl groups is 1. The van der Waals surface area contributed by atoms with E-state index in [0.717, 1.165) is 12.8 Å². The van der Waals surface area contributed by atoms with Crippen LogP contribution in [0, 0.1) is 0 Å². The number of allylic oxidation sites excluding steroid dienone is 3. The standard InChI is InChI=1S/C18H32O3.Ti/c1-2-3-4-5-6-7-8-9-10-11-12-13-14-15-16-17(19)18(20)21;/h14-16,19H,2-13H2,1H3,(H,20,21);. The summed E-state index contributed by atoms with van der Waals surface area (Å²) in [6.07, 6.45) is 20.3. The van der Waals surface area contributed by atoms with E-state index in [1.165, 1.54) is 70.3 Å². The quantitative estimate of drug-likeness (QED) is 0.138. The third-order valence-corrected chi connectivity index (χ3v) is 3.58. The van der Waals surface area contributed by atoms with Crippen LogP contribution >= 0.6 is 0 Å². The van der Waals surface area contributed by atoms with Crippen LogP contribution in [0.1, 0.15) is 84.0 Å². The monoisotopic (exact) mass is 344 g/mol. The van der Waals surface area contributed by atoms with E-state index in [2.05, 4.69) is 6.92 Å². The van der Waals surface area contributed by atoms with Gasteiger partial charge >= 0.3 is 5.97 Å². The second-order valence-corrected chi connectivity index (χ2v) is 5.61. The van der Waals surface area contributed by atoms with Crippen molar-refractivity contribution in [3.05, 3.63) is 24.0 Å². The molecule has 0 aromatic carbocycles. The molecule has 0 amide bonds. The Morgan fingerprint density at radius 3 is 1.73 bits per heavy atom. The molecule has 0 aromatic heterocycles. The molecule has 0 radical (unpaired) electrons. The maximum absolute atomic E-state index is 10.3. The van der Waals surface area contributed by atoms with Gasteiger partial charge in [0.25, 0.3) is 0 Å². The summed E-state index contributed by atoms with van der Waals surface area (Å²) >= 11 is 0. The third-order valence-electron chi connectivity index (χ3n) is 3.58. The molecule has 0 aliphatic carbocycles. The molecule has 22 heavy (non-hydrogen) atoms. The molecular weight excluding hydrogens is 312 g/mol. The molecule has 0 unspecified atom stereocenters. The van der Waals surface area contributed by atoms with Crippen LogP contribution in [0.4, 0.5) is 0 Å². The molecule has 0 rings (SSSR count). The van der Waals surface area contributed by atoms with Gasteiger partial charge in [0.05, 0.1) is 0 Å². The summed E-state index contributed by atoms with van der Waals surface area (Å²) in [5.41, 5.74) is 0. The molecule has 0 spiro atoms. The van der Waals surface area contributed by atoms with Gasteiger partial charge in [0, 0.05) is 21.7 Å². The molecule has 3 nitrogen and oxygen atoms in total. The minimum absolute atomic E-state index is 0. The van der Waals surface area contributed by atoms with Gasteiger partial charge in [-0.1, -0.05) is 83.3 Å². The van der Waals surface area contributed by atoms with Crippen molar-refractivity contribution in [2.45, 2.75) is 84.0 Å². The van der Waals surface area contributed by atoms with Gasteiger partial charge in [-0.05, 0) is 18.9 Å². The molecule has 2 N–H and O–H groups in total. The zero-order valence-corrected chi connectivity index (χ0v) is 15.6. The molecule has 0 saturated heterocycles. The molecule has 0 atom stereocenters. The molecular formula is C18H32O3Ti. The minimum Gasteiger partial charge on any atom is -0.502 e. The Balaban J connectivity index is 0. The first-order chi connectivity index (χ1) is 10.2. The van der Waals surface area contributed by atoms with E-state index < -0.39 is 11.7 Å². The number of aliphatic hydroxyl groups excluding tert-OH is 1. The number of unbranched alkanes of at least 4 members (excludes halogenated alkanes) is 11. The Bertz CT molecular complexity index is 311. The third kappa shape index (κ3) is 17.5. The van der Waals surface area contributed by atoms with Gasteiger partial charge in [-0.25, -0.2) is 4.79 Å². The van der Waals surface area contributed by atoms with Crippen molar-refractivity contribution in [2.75, 3.05) is 0 Å². The first-order valence-corrected chi connectivity index (χ1v) is 8.47. The van der Waals surface area contributed by atoms with Crippen molar-refractivity contribution >= 4 is 5.97 Å². The molecule has 0 aliphatic heterocycles. The summed E-state index contributed by atoms with van der Waals surface area (Å²) in [5, 5.41) is 17.4. The van der Waals surface area contributed by atoms with E-state index in [9.17, 15) is 4.79 Å². The van der Waals surface area contributed by atoms with Crippen LogP contribution in [-0.2, 0) is 26.5 Å². The van der Waals surface area contributed by atoms with E-state index >= 15 is 0 Å². The fraction of sp³-hybridized carbons (Fsp3) is 0.722. The van der Waals surface area contributed by atoms with Crippen molar-refractivity contribution in [3.8, 4) is 0 Å². The van der Waals surface area contributed by atoms with Crippen LogP contribution in [0.15, 0.2) is 24.0 Å². The second-order valence-electron chi connectivity index (χ2n) is 5.61. The predicted molar refractivity (Wildman–Crippen MR) is 88.6 cm³/mol. The Hall–Kier alpha value is -0.536. The predicted octanol–water partition coefficient (Wildman–Crippen LogP) is 5.77. The van der Waals surface area contributed by atoms with Crippen LogP contribution in [0.5, 0.6) is 0 Å². The van der Waals surface area contributed by atoms with Crippen LogP contribution in [0.25, 0.3) is 0 Å².